The number of carbonyl (C=O) groups is 1. The second-order valence-electron chi connectivity index (χ2n) is 4.36. The van der Waals surface area contributed by atoms with E-state index in [-0.39, 0.29) is 12.3 Å². The molecule has 1 heterocycles. The molecule has 0 saturated heterocycles. The third-order valence-corrected chi connectivity index (χ3v) is 2.74. The molecule has 98 valence electrons. The summed E-state index contributed by atoms with van der Waals surface area (Å²) in [5.41, 5.74) is 2.27. The van der Waals surface area contributed by atoms with Gasteiger partial charge in [0.2, 0.25) is 5.91 Å². The standard InChI is InChI=1S/C15H16N2O2/c1-11-9-13(7-8-16-11)17-15(19)10-14(18)12-5-3-2-4-6-12/h2-9,14,18H,10H2,1H3,(H,16,17,19). The van der Waals surface area contributed by atoms with Crippen LogP contribution in [-0.4, -0.2) is 16.0 Å². The highest BCUT2D eigenvalue weighted by molar-refractivity contribution is 5.91. The van der Waals surface area contributed by atoms with Gasteiger partial charge in [0.05, 0.1) is 12.5 Å². The number of rotatable bonds is 4. The molecule has 2 rings (SSSR count). The number of amides is 1. The summed E-state index contributed by atoms with van der Waals surface area (Å²) in [6.07, 6.45) is 0.883. The van der Waals surface area contributed by atoms with E-state index in [0.717, 1.165) is 11.3 Å². The summed E-state index contributed by atoms with van der Waals surface area (Å²) >= 11 is 0. The van der Waals surface area contributed by atoms with Gasteiger partial charge in [-0.05, 0) is 24.6 Å². The van der Waals surface area contributed by atoms with E-state index in [9.17, 15) is 9.90 Å². The molecular formula is C15H16N2O2. The first-order chi connectivity index (χ1) is 9.15. The Morgan fingerprint density at radius 1 is 1.32 bits per heavy atom. The first-order valence-electron chi connectivity index (χ1n) is 6.10. The van der Waals surface area contributed by atoms with Crippen LogP contribution >= 0.6 is 0 Å². The Balaban J connectivity index is 1.95. The molecule has 1 aromatic carbocycles. The second kappa shape index (κ2) is 6.11. The predicted molar refractivity (Wildman–Crippen MR) is 73.6 cm³/mol. The van der Waals surface area contributed by atoms with Gasteiger partial charge in [0, 0.05) is 17.6 Å². The lowest BCUT2D eigenvalue weighted by molar-refractivity contribution is -0.118. The summed E-state index contributed by atoms with van der Waals surface area (Å²) in [4.78, 5) is 15.9. The Morgan fingerprint density at radius 3 is 2.74 bits per heavy atom. The van der Waals surface area contributed by atoms with Gasteiger partial charge in [0.25, 0.3) is 0 Å². The molecule has 0 aliphatic rings. The van der Waals surface area contributed by atoms with Crippen molar-refractivity contribution in [2.24, 2.45) is 0 Å². The number of aliphatic hydroxyl groups is 1. The van der Waals surface area contributed by atoms with E-state index in [0.29, 0.717) is 5.69 Å². The van der Waals surface area contributed by atoms with Crippen LogP contribution in [0.2, 0.25) is 0 Å². The van der Waals surface area contributed by atoms with Gasteiger partial charge in [-0.15, -0.1) is 0 Å². The zero-order chi connectivity index (χ0) is 13.7. The summed E-state index contributed by atoms with van der Waals surface area (Å²) in [5.74, 6) is -0.220. The van der Waals surface area contributed by atoms with Crippen molar-refractivity contribution in [1.29, 1.82) is 0 Å². The molecule has 2 N–H and O–H groups in total. The summed E-state index contributed by atoms with van der Waals surface area (Å²) < 4.78 is 0. The van der Waals surface area contributed by atoms with Crippen molar-refractivity contribution in [1.82, 2.24) is 4.98 Å². The fraction of sp³-hybridized carbons (Fsp3) is 0.200. The lowest BCUT2D eigenvalue weighted by Crippen LogP contribution is -2.15. The Hall–Kier alpha value is -2.20. The van der Waals surface area contributed by atoms with Crippen molar-refractivity contribution < 1.29 is 9.90 Å². The number of nitrogens with zero attached hydrogens (tertiary/aromatic N) is 1. The Kier molecular flexibility index (Phi) is 4.26. The maximum Gasteiger partial charge on any atom is 0.227 e. The molecular weight excluding hydrogens is 240 g/mol. The minimum absolute atomic E-state index is 0.0331. The number of carbonyl (C=O) groups excluding carboxylic acids is 1. The SMILES string of the molecule is Cc1cc(NC(=O)CC(O)c2ccccc2)ccn1. The molecule has 0 aliphatic carbocycles. The average molecular weight is 256 g/mol. The van der Waals surface area contributed by atoms with Crippen LogP contribution in [0.1, 0.15) is 23.8 Å². The topological polar surface area (TPSA) is 62.2 Å². The van der Waals surface area contributed by atoms with Crippen LogP contribution in [0.3, 0.4) is 0 Å². The lowest BCUT2D eigenvalue weighted by Gasteiger charge is -2.11. The molecule has 0 bridgehead atoms. The number of hydrogen-bond acceptors (Lipinski definition) is 3. The van der Waals surface area contributed by atoms with Crippen molar-refractivity contribution in [3.8, 4) is 0 Å². The van der Waals surface area contributed by atoms with Gasteiger partial charge in [0.1, 0.15) is 0 Å². The number of aliphatic hydroxyl groups excluding tert-OH is 1. The Morgan fingerprint density at radius 2 is 2.05 bits per heavy atom. The molecule has 2 aromatic rings. The van der Waals surface area contributed by atoms with Gasteiger partial charge in [-0.2, -0.15) is 0 Å². The minimum Gasteiger partial charge on any atom is -0.388 e. The summed E-state index contributed by atoms with van der Waals surface area (Å²) in [7, 11) is 0. The molecule has 0 aliphatic heterocycles. The highest BCUT2D eigenvalue weighted by Crippen LogP contribution is 2.17. The first kappa shape index (κ1) is 13.2. The molecule has 4 nitrogen and oxygen atoms in total. The van der Waals surface area contributed by atoms with Crippen LogP contribution in [0.15, 0.2) is 48.7 Å². The van der Waals surface area contributed by atoms with Gasteiger partial charge in [0.15, 0.2) is 0 Å². The Bertz CT molecular complexity index is 555. The van der Waals surface area contributed by atoms with E-state index in [2.05, 4.69) is 10.3 Å². The minimum atomic E-state index is -0.788. The van der Waals surface area contributed by atoms with Crippen molar-refractivity contribution in [2.75, 3.05) is 5.32 Å². The van der Waals surface area contributed by atoms with Gasteiger partial charge < -0.3 is 10.4 Å². The highest BCUT2D eigenvalue weighted by Gasteiger charge is 2.12. The fourth-order valence-electron chi connectivity index (χ4n) is 1.80. The van der Waals surface area contributed by atoms with Crippen molar-refractivity contribution in [2.45, 2.75) is 19.4 Å². The number of aryl methyl sites for hydroxylation is 1. The summed E-state index contributed by atoms with van der Waals surface area (Å²) in [6, 6.07) is 12.6. The predicted octanol–water partition coefficient (Wildman–Crippen LogP) is 2.45. The highest BCUT2D eigenvalue weighted by atomic mass is 16.3. The molecule has 0 spiro atoms. The zero-order valence-electron chi connectivity index (χ0n) is 10.7. The molecule has 19 heavy (non-hydrogen) atoms. The average Bonchev–Trinajstić information content (AvgIpc) is 2.39. The van der Waals surface area contributed by atoms with Crippen LogP contribution in [-0.2, 0) is 4.79 Å². The summed E-state index contributed by atoms with van der Waals surface area (Å²) in [5, 5.41) is 12.7. The van der Waals surface area contributed by atoms with E-state index >= 15 is 0 Å². The molecule has 1 amide bonds. The molecule has 0 saturated carbocycles. The number of anilines is 1. The maximum atomic E-state index is 11.8. The van der Waals surface area contributed by atoms with E-state index in [1.807, 2.05) is 25.1 Å². The van der Waals surface area contributed by atoms with Gasteiger partial charge in [-0.1, -0.05) is 30.3 Å². The maximum absolute atomic E-state index is 11.8. The van der Waals surface area contributed by atoms with E-state index < -0.39 is 6.10 Å². The largest absolute Gasteiger partial charge is 0.388 e. The van der Waals surface area contributed by atoms with Gasteiger partial charge in [-0.25, -0.2) is 0 Å². The molecule has 1 unspecified atom stereocenters. The van der Waals surface area contributed by atoms with Crippen LogP contribution in [0.25, 0.3) is 0 Å². The van der Waals surface area contributed by atoms with Gasteiger partial charge >= 0.3 is 0 Å². The first-order valence-corrected chi connectivity index (χ1v) is 6.10. The van der Waals surface area contributed by atoms with Crippen molar-refractivity contribution in [3.05, 3.63) is 59.9 Å². The van der Waals surface area contributed by atoms with Crippen molar-refractivity contribution in [3.63, 3.8) is 0 Å². The monoisotopic (exact) mass is 256 g/mol. The lowest BCUT2D eigenvalue weighted by atomic mass is 10.1. The third kappa shape index (κ3) is 3.89. The van der Waals surface area contributed by atoms with Crippen LogP contribution < -0.4 is 5.32 Å². The van der Waals surface area contributed by atoms with E-state index in [1.54, 1.807) is 30.5 Å². The zero-order valence-corrected chi connectivity index (χ0v) is 10.7. The van der Waals surface area contributed by atoms with Crippen molar-refractivity contribution >= 4 is 11.6 Å². The number of nitrogens with one attached hydrogen (secondary N) is 1. The molecule has 1 aromatic heterocycles. The number of aromatic nitrogens is 1. The van der Waals surface area contributed by atoms with Gasteiger partial charge in [-0.3, -0.25) is 9.78 Å². The normalized spacial score (nSPS) is 11.9. The third-order valence-electron chi connectivity index (χ3n) is 2.74. The number of hydrogen-bond donors (Lipinski definition) is 2. The molecule has 4 heteroatoms. The quantitative estimate of drug-likeness (QED) is 0.883. The molecule has 0 radical (unpaired) electrons. The number of benzene rings is 1. The van der Waals surface area contributed by atoms with E-state index in [4.69, 9.17) is 0 Å². The van der Waals surface area contributed by atoms with E-state index in [1.165, 1.54) is 0 Å². The summed E-state index contributed by atoms with van der Waals surface area (Å²) in [6.45, 7) is 1.86. The second-order valence-corrected chi connectivity index (χ2v) is 4.36. The van der Waals surface area contributed by atoms with Crippen LogP contribution in [0, 0.1) is 6.92 Å². The smallest absolute Gasteiger partial charge is 0.227 e. The van der Waals surface area contributed by atoms with Crippen LogP contribution in [0.5, 0.6) is 0 Å². The molecule has 1 atom stereocenters. The Labute approximate surface area is 112 Å². The van der Waals surface area contributed by atoms with Crippen LogP contribution in [0.4, 0.5) is 5.69 Å². The fourth-order valence-corrected chi connectivity index (χ4v) is 1.80. The number of pyridine rings is 1. The molecule has 0 fully saturated rings.